The van der Waals surface area contributed by atoms with E-state index >= 15 is 0 Å². The minimum atomic E-state index is -1.38. The van der Waals surface area contributed by atoms with Crippen LogP contribution in [0.25, 0.3) is 0 Å². The van der Waals surface area contributed by atoms with Crippen LogP contribution in [0.4, 0.5) is 0 Å². The van der Waals surface area contributed by atoms with Gasteiger partial charge in [0.1, 0.15) is 0 Å². The first-order valence-corrected chi connectivity index (χ1v) is 7.33. The van der Waals surface area contributed by atoms with Crippen LogP contribution in [0.15, 0.2) is 42.5 Å². The zero-order chi connectivity index (χ0) is 16.8. The van der Waals surface area contributed by atoms with Crippen LogP contribution in [-0.4, -0.2) is 25.0 Å². The second-order valence-corrected chi connectivity index (χ2v) is 4.69. The average molecular weight is 313 g/mol. The van der Waals surface area contributed by atoms with Gasteiger partial charge in [0.15, 0.2) is 17.3 Å². The third-order valence-electron chi connectivity index (χ3n) is 3.20. The van der Waals surface area contributed by atoms with Crippen LogP contribution in [0.2, 0.25) is 0 Å². The lowest BCUT2D eigenvalue weighted by Crippen LogP contribution is -2.25. The summed E-state index contributed by atoms with van der Waals surface area (Å²) in [6.45, 7) is 4.58. The molecule has 0 bridgehead atoms. The summed E-state index contributed by atoms with van der Waals surface area (Å²) in [5, 5.41) is 11.2. The van der Waals surface area contributed by atoms with E-state index in [9.17, 15) is 14.7 Å². The average Bonchev–Trinajstić information content (AvgIpc) is 2.56. The quantitative estimate of drug-likeness (QED) is 0.732. The summed E-state index contributed by atoms with van der Waals surface area (Å²) in [6, 6.07) is 10.8. The number of carboxylic acid groups (broad SMARTS) is 1. The van der Waals surface area contributed by atoms with Gasteiger partial charge in [0.25, 0.3) is 0 Å². The Morgan fingerprint density at radius 2 is 1.52 bits per heavy atom. The van der Waals surface area contributed by atoms with Gasteiger partial charge in [-0.2, -0.15) is 0 Å². The number of ketones is 1. The van der Waals surface area contributed by atoms with E-state index in [0.29, 0.717) is 30.3 Å². The van der Waals surface area contributed by atoms with Gasteiger partial charge in [0, 0.05) is 16.7 Å². The van der Waals surface area contributed by atoms with Gasteiger partial charge in [-0.05, 0) is 32.0 Å². The van der Waals surface area contributed by atoms with Crippen LogP contribution in [0, 0.1) is 0 Å². The molecular formula is C18H17O5-. The second-order valence-electron chi connectivity index (χ2n) is 4.69. The number of carbonyl (C=O) groups excluding carboxylic acids is 2. The van der Waals surface area contributed by atoms with E-state index < -0.39 is 11.8 Å². The Hall–Kier alpha value is -2.82. The largest absolute Gasteiger partial charge is 0.545 e. The standard InChI is InChI=1S/C18H18O5/c1-3-22-15-10-9-12(11-16(15)23-4-2)17(19)13-7-5-6-8-14(13)18(20)21/h5-11H,3-4H2,1-2H3,(H,20,21)/p-1. The summed E-state index contributed by atoms with van der Waals surface area (Å²) in [5.74, 6) is -0.802. The molecule has 0 amide bonds. The van der Waals surface area contributed by atoms with Crippen molar-refractivity contribution in [2.24, 2.45) is 0 Å². The molecule has 0 N–H and O–H groups in total. The van der Waals surface area contributed by atoms with Crippen molar-refractivity contribution in [1.82, 2.24) is 0 Å². The zero-order valence-electron chi connectivity index (χ0n) is 13.0. The predicted octanol–water partition coefficient (Wildman–Crippen LogP) is 2.08. The molecule has 0 aliphatic carbocycles. The lowest BCUT2D eigenvalue weighted by molar-refractivity contribution is -0.255. The van der Waals surface area contributed by atoms with Crippen LogP contribution in [0.3, 0.4) is 0 Å². The molecule has 2 aromatic rings. The maximum Gasteiger partial charge on any atom is 0.193 e. The van der Waals surface area contributed by atoms with Crippen molar-refractivity contribution in [3.8, 4) is 11.5 Å². The van der Waals surface area contributed by atoms with Crippen LogP contribution in [0.1, 0.15) is 40.1 Å². The van der Waals surface area contributed by atoms with Crippen molar-refractivity contribution < 1.29 is 24.2 Å². The normalized spacial score (nSPS) is 10.2. The first-order chi connectivity index (χ1) is 11.1. The first kappa shape index (κ1) is 16.5. The van der Waals surface area contributed by atoms with Crippen LogP contribution in [-0.2, 0) is 0 Å². The molecule has 0 radical (unpaired) electrons. The van der Waals surface area contributed by atoms with Crippen molar-refractivity contribution >= 4 is 11.8 Å². The van der Waals surface area contributed by atoms with Gasteiger partial charge in [0.2, 0.25) is 0 Å². The number of carbonyl (C=O) groups is 2. The molecule has 0 atom stereocenters. The molecular weight excluding hydrogens is 296 g/mol. The molecule has 5 nitrogen and oxygen atoms in total. The van der Waals surface area contributed by atoms with Gasteiger partial charge >= 0.3 is 0 Å². The second kappa shape index (κ2) is 7.45. The molecule has 2 aromatic carbocycles. The Labute approximate surface area is 134 Å². The van der Waals surface area contributed by atoms with Gasteiger partial charge < -0.3 is 19.4 Å². The van der Waals surface area contributed by atoms with Crippen molar-refractivity contribution in [3.63, 3.8) is 0 Å². The van der Waals surface area contributed by atoms with Crippen molar-refractivity contribution in [2.45, 2.75) is 13.8 Å². The third-order valence-corrected chi connectivity index (χ3v) is 3.20. The maximum absolute atomic E-state index is 12.6. The molecule has 0 saturated carbocycles. The molecule has 2 rings (SSSR count). The van der Waals surface area contributed by atoms with Gasteiger partial charge in [0.05, 0.1) is 19.2 Å². The summed E-state index contributed by atoms with van der Waals surface area (Å²) in [4.78, 5) is 23.8. The smallest absolute Gasteiger partial charge is 0.193 e. The first-order valence-electron chi connectivity index (χ1n) is 7.33. The number of carboxylic acids is 1. The highest BCUT2D eigenvalue weighted by Gasteiger charge is 2.16. The number of benzene rings is 2. The van der Waals surface area contributed by atoms with Crippen molar-refractivity contribution in [3.05, 3.63) is 59.2 Å². The summed E-state index contributed by atoms with van der Waals surface area (Å²) in [6.07, 6.45) is 0. The molecule has 5 heteroatoms. The molecule has 0 fully saturated rings. The van der Waals surface area contributed by atoms with Crippen molar-refractivity contribution in [2.75, 3.05) is 13.2 Å². The number of hydrogen-bond donors (Lipinski definition) is 0. The number of rotatable bonds is 7. The fourth-order valence-corrected chi connectivity index (χ4v) is 2.21. The fourth-order valence-electron chi connectivity index (χ4n) is 2.21. The summed E-state index contributed by atoms with van der Waals surface area (Å²) >= 11 is 0. The van der Waals surface area contributed by atoms with Crippen molar-refractivity contribution in [1.29, 1.82) is 0 Å². The minimum absolute atomic E-state index is 0.0825. The molecule has 0 unspecified atom stereocenters. The summed E-state index contributed by atoms with van der Waals surface area (Å²) in [7, 11) is 0. The molecule has 0 spiro atoms. The Morgan fingerprint density at radius 1 is 0.913 bits per heavy atom. The van der Waals surface area contributed by atoms with Gasteiger partial charge in [-0.25, -0.2) is 0 Å². The molecule has 0 aliphatic heterocycles. The highest BCUT2D eigenvalue weighted by Crippen LogP contribution is 2.29. The van der Waals surface area contributed by atoms with Gasteiger partial charge in [-0.15, -0.1) is 0 Å². The van der Waals surface area contributed by atoms with E-state index in [-0.39, 0.29) is 11.1 Å². The lowest BCUT2D eigenvalue weighted by Gasteiger charge is -2.13. The Morgan fingerprint density at radius 3 is 2.13 bits per heavy atom. The lowest BCUT2D eigenvalue weighted by atomic mass is 9.98. The Balaban J connectivity index is 2.44. The number of hydrogen-bond acceptors (Lipinski definition) is 5. The van der Waals surface area contributed by atoms with E-state index in [4.69, 9.17) is 9.47 Å². The van der Waals surface area contributed by atoms with E-state index in [1.165, 1.54) is 12.1 Å². The maximum atomic E-state index is 12.6. The van der Waals surface area contributed by atoms with E-state index in [1.807, 2.05) is 13.8 Å². The highest BCUT2D eigenvalue weighted by atomic mass is 16.5. The minimum Gasteiger partial charge on any atom is -0.545 e. The summed E-state index contributed by atoms with van der Waals surface area (Å²) < 4.78 is 10.9. The molecule has 0 heterocycles. The van der Waals surface area contributed by atoms with Gasteiger partial charge in [-0.1, -0.05) is 24.3 Å². The van der Waals surface area contributed by atoms with E-state index in [0.717, 1.165) is 0 Å². The molecule has 0 saturated heterocycles. The Bertz CT molecular complexity index is 721. The van der Waals surface area contributed by atoms with E-state index in [2.05, 4.69) is 0 Å². The monoisotopic (exact) mass is 313 g/mol. The molecule has 0 aliphatic rings. The van der Waals surface area contributed by atoms with Gasteiger partial charge in [-0.3, -0.25) is 4.79 Å². The molecule has 120 valence electrons. The molecule has 23 heavy (non-hydrogen) atoms. The Kier molecular flexibility index (Phi) is 5.36. The summed E-state index contributed by atoms with van der Waals surface area (Å²) in [5.41, 5.74) is 0.272. The topological polar surface area (TPSA) is 75.7 Å². The fraction of sp³-hybridized carbons (Fsp3) is 0.222. The third kappa shape index (κ3) is 3.69. The van der Waals surface area contributed by atoms with E-state index in [1.54, 1.807) is 30.3 Å². The van der Waals surface area contributed by atoms with Crippen LogP contribution in [0.5, 0.6) is 11.5 Å². The predicted molar refractivity (Wildman–Crippen MR) is 83.0 cm³/mol. The van der Waals surface area contributed by atoms with Crippen LogP contribution < -0.4 is 14.6 Å². The number of ether oxygens (including phenoxy) is 2. The molecule has 0 aromatic heterocycles. The number of aromatic carboxylic acids is 1. The zero-order valence-corrected chi connectivity index (χ0v) is 13.0. The highest BCUT2D eigenvalue weighted by molar-refractivity contribution is 6.14. The van der Waals surface area contributed by atoms with Crippen LogP contribution >= 0.6 is 0 Å². The SMILES string of the molecule is CCOc1ccc(C(=O)c2ccccc2C(=O)[O-])cc1OCC.